The van der Waals surface area contributed by atoms with Crippen LogP contribution in [0.1, 0.15) is 24.2 Å². The average Bonchev–Trinajstić information content (AvgIpc) is 2.16. The smallest absolute Gasteiger partial charge is 0.150 e. The fourth-order valence-corrected chi connectivity index (χ4v) is 1.61. The molecule has 0 aliphatic heterocycles. The summed E-state index contributed by atoms with van der Waals surface area (Å²) in [6.45, 7) is 3.93. The van der Waals surface area contributed by atoms with E-state index in [2.05, 4.69) is 0 Å². The van der Waals surface area contributed by atoms with Gasteiger partial charge in [0.2, 0.25) is 0 Å². The van der Waals surface area contributed by atoms with Crippen LogP contribution in [0.5, 0.6) is 5.75 Å². The summed E-state index contributed by atoms with van der Waals surface area (Å²) in [6, 6.07) is 5.55. The highest BCUT2D eigenvalue weighted by molar-refractivity contribution is 7.98. The second-order valence-electron chi connectivity index (χ2n) is 3.23. The Morgan fingerprint density at radius 1 is 1.36 bits per heavy atom. The van der Waals surface area contributed by atoms with Crippen molar-refractivity contribution in [2.24, 2.45) is 0 Å². The van der Waals surface area contributed by atoms with E-state index in [4.69, 9.17) is 4.74 Å². The number of hydrogen-bond donors (Lipinski definition) is 0. The molecule has 1 aromatic rings. The number of benzene rings is 1. The van der Waals surface area contributed by atoms with Gasteiger partial charge in [-0.05, 0) is 38.3 Å². The van der Waals surface area contributed by atoms with Crippen molar-refractivity contribution in [3.63, 3.8) is 0 Å². The van der Waals surface area contributed by atoms with E-state index >= 15 is 0 Å². The Morgan fingerprint density at radius 2 is 2.07 bits per heavy atom. The van der Waals surface area contributed by atoms with Crippen LogP contribution >= 0.6 is 11.8 Å². The summed E-state index contributed by atoms with van der Waals surface area (Å²) in [5, 5.41) is 0. The van der Waals surface area contributed by atoms with E-state index in [1.54, 1.807) is 17.8 Å². The van der Waals surface area contributed by atoms with E-state index in [0.29, 0.717) is 5.56 Å². The highest BCUT2D eigenvalue weighted by Gasteiger charge is 2.02. The summed E-state index contributed by atoms with van der Waals surface area (Å²) in [6.07, 6.45) is 2.95. The lowest BCUT2D eigenvalue weighted by molar-refractivity contribution is 0.112. The van der Waals surface area contributed by atoms with Crippen molar-refractivity contribution in [2.75, 3.05) is 6.26 Å². The van der Waals surface area contributed by atoms with E-state index in [1.807, 2.05) is 32.2 Å². The van der Waals surface area contributed by atoms with Gasteiger partial charge in [0.25, 0.3) is 0 Å². The number of rotatable bonds is 4. The molecule has 0 spiro atoms. The van der Waals surface area contributed by atoms with Crippen LogP contribution in [0.25, 0.3) is 0 Å². The Morgan fingerprint density at radius 3 is 2.57 bits per heavy atom. The van der Waals surface area contributed by atoms with E-state index in [-0.39, 0.29) is 6.10 Å². The zero-order valence-electron chi connectivity index (χ0n) is 8.61. The van der Waals surface area contributed by atoms with Crippen LogP contribution < -0.4 is 4.74 Å². The molecule has 0 N–H and O–H groups in total. The Labute approximate surface area is 88.7 Å². The maximum atomic E-state index is 10.6. The van der Waals surface area contributed by atoms with E-state index in [0.717, 1.165) is 16.9 Å². The Hall–Kier alpha value is -0.960. The van der Waals surface area contributed by atoms with Gasteiger partial charge in [0.05, 0.1) is 6.10 Å². The molecule has 0 heterocycles. The minimum Gasteiger partial charge on any atom is -0.491 e. The zero-order chi connectivity index (χ0) is 10.6. The maximum Gasteiger partial charge on any atom is 0.150 e. The van der Waals surface area contributed by atoms with Gasteiger partial charge in [0.1, 0.15) is 12.0 Å². The van der Waals surface area contributed by atoms with E-state index in [1.165, 1.54) is 0 Å². The number of aldehydes is 1. The molecule has 0 unspecified atom stereocenters. The molecule has 0 radical (unpaired) electrons. The minimum absolute atomic E-state index is 0.131. The Bertz CT molecular complexity index is 321. The molecule has 0 aliphatic rings. The number of hydrogen-bond acceptors (Lipinski definition) is 3. The largest absolute Gasteiger partial charge is 0.491 e. The number of carbonyl (C=O) groups is 1. The molecule has 1 rings (SSSR count). The number of ether oxygens (including phenoxy) is 1. The van der Waals surface area contributed by atoms with Gasteiger partial charge in [-0.2, -0.15) is 0 Å². The summed E-state index contributed by atoms with van der Waals surface area (Å²) in [7, 11) is 0. The molecule has 0 saturated carbocycles. The highest BCUT2D eigenvalue weighted by atomic mass is 32.2. The number of carbonyl (C=O) groups excluding carboxylic acids is 1. The third kappa shape index (κ3) is 3.07. The zero-order valence-corrected chi connectivity index (χ0v) is 9.43. The van der Waals surface area contributed by atoms with Crippen LogP contribution in [0.15, 0.2) is 23.1 Å². The van der Waals surface area contributed by atoms with Gasteiger partial charge >= 0.3 is 0 Å². The molecule has 0 amide bonds. The fourth-order valence-electron chi connectivity index (χ4n) is 1.12. The first-order chi connectivity index (χ1) is 6.65. The highest BCUT2D eigenvalue weighted by Crippen LogP contribution is 2.23. The van der Waals surface area contributed by atoms with Crippen molar-refractivity contribution in [1.29, 1.82) is 0 Å². The second kappa shape index (κ2) is 5.05. The van der Waals surface area contributed by atoms with Crippen LogP contribution in [-0.4, -0.2) is 18.6 Å². The first-order valence-corrected chi connectivity index (χ1v) is 5.69. The molecule has 1 aromatic carbocycles. The van der Waals surface area contributed by atoms with Crippen LogP contribution in [0.3, 0.4) is 0 Å². The Kier molecular flexibility index (Phi) is 4.01. The molecule has 2 nitrogen and oxygen atoms in total. The standard InChI is InChI=1S/C11H14O2S/c1-8(2)13-10-4-9(7-12)5-11(6-10)14-3/h4-8H,1-3H3. The second-order valence-corrected chi connectivity index (χ2v) is 4.11. The summed E-state index contributed by atoms with van der Waals surface area (Å²) in [5.74, 6) is 0.758. The van der Waals surface area contributed by atoms with Crippen LogP contribution in [0, 0.1) is 0 Å². The van der Waals surface area contributed by atoms with Crippen molar-refractivity contribution in [1.82, 2.24) is 0 Å². The third-order valence-electron chi connectivity index (χ3n) is 1.65. The van der Waals surface area contributed by atoms with Crippen molar-refractivity contribution in [3.8, 4) is 5.75 Å². The summed E-state index contributed by atoms with van der Waals surface area (Å²) < 4.78 is 5.53. The lowest BCUT2D eigenvalue weighted by Gasteiger charge is -2.11. The molecule has 0 atom stereocenters. The van der Waals surface area contributed by atoms with Crippen molar-refractivity contribution in [2.45, 2.75) is 24.8 Å². The van der Waals surface area contributed by atoms with E-state index < -0.39 is 0 Å². The fraction of sp³-hybridized carbons (Fsp3) is 0.364. The molecule has 14 heavy (non-hydrogen) atoms. The molecule has 0 bridgehead atoms. The van der Waals surface area contributed by atoms with Crippen LogP contribution in [-0.2, 0) is 0 Å². The lowest BCUT2D eigenvalue weighted by Crippen LogP contribution is -2.05. The molecule has 0 aromatic heterocycles. The van der Waals surface area contributed by atoms with Gasteiger partial charge in [0, 0.05) is 10.5 Å². The lowest BCUT2D eigenvalue weighted by atomic mass is 10.2. The SMILES string of the molecule is CSc1cc(C=O)cc(OC(C)C)c1. The summed E-state index contributed by atoms with van der Waals surface area (Å²) >= 11 is 1.60. The monoisotopic (exact) mass is 210 g/mol. The quantitative estimate of drug-likeness (QED) is 0.564. The molecule has 3 heteroatoms. The van der Waals surface area contributed by atoms with Gasteiger partial charge < -0.3 is 4.74 Å². The average molecular weight is 210 g/mol. The maximum absolute atomic E-state index is 10.6. The predicted molar refractivity (Wildman–Crippen MR) is 59.4 cm³/mol. The first-order valence-electron chi connectivity index (χ1n) is 4.46. The number of thioether (sulfide) groups is 1. The van der Waals surface area contributed by atoms with Gasteiger partial charge in [0.15, 0.2) is 0 Å². The van der Waals surface area contributed by atoms with Gasteiger partial charge in [-0.25, -0.2) is 0 Å². The van der Waals surface area contributed by atoms with Crippen LogP contribution in [0.2, 0.25) is 0 Å². The molecule has 0 saturated heterocycles. The van der Waals surface area contributed by atoms with Crippen LogP contribution in [0.4, 0.5) is 0 Å². The predicted octanol–water partition coefficient (Wildman–Crippen LogP) is 3.01. The van der Waals surface area contributed by atoms with Gasteiger partial charge in [-0.15, -0.1) is 11.8 Å². The van der Waals surface area contributed by atoms with E-state index in [9.17, 15) is 4.79 Å². The summed E-state index contributed by atoms with van der Waals surface area (Å²) in [5.41, 5.74) is 0.660. The topological polar surface area (TPSA) is 26.3 Å². The third-order valence-corrected chi connectivity index (χ3v) is 2.35. The van der Waals surface area contributed by atoms with Gasteiger partial charge in [-0.3, -0.25) is 4.79 Å². The Balaban J connectivity index is 2.98. The molecular formula is C11H14O2S. The normalized spacial score (nSPS) is 10.3. The minimum atomic E-state index is 0.131. The van der Waals surface area contributed by atoms with Gasteiger partial charge in [-0.1, -0.05) is 0 Å². The molecule has 0 fully saturated rings. The molecule has 76 valence electrons. The van der Waals surface area contributed by atoms with Crippen molar-refractivity contribution < 1.29 is 9.53 Å². The molecular weight excluding hydrogens is 196 g/mol. The summed E-state index contributed by atoms with van der Waals surface area (Å²) in [4.78, 5) is 11.7. The van der Waals surface area contributed by atoms with Crippen molar-refractivity contribution >= 4 is 18.0 Å². The molecule has 0 aliphatic carbocycles. The first kappa shape index (κ1) is 11.1. The van der Waals surface area contributed by atoms with Crippen molar-refractivity contribution in [3.05, 3.63) is 23.8 Å².